The maximum Gasteiger partial charge on any atom is 0.258 e. The van der Waals surface area contributed by atoms with Gasteiger partial charge >= 0.3 is 0 Å². The van der Waals surface area contributed by atoms with E-state index in [0.29, 0.717) is 11.3 Å². The summed E-state index contributed by atoms with van der Waals surface area (Å²) in [7, 11) is 0. The van der Waals surface area contributed by atoms with Gasteiger partial charge in [-0.15, -0.1) is 0 Å². The highest BCUT2D eigenvalue weighted by Crippen LogP contribution is 2.27. The highest BCUT2D eigenvalue weighted by molar-refractivity contribution is 6.06. The number of halogens is 2. The highest BCUT2D eigenvalue weighted by Gasteiger charge is 2.30. The summed E-state index contributed by atoms with van der Waals surface area (Å²) < 4.78 is 26.8. The fraction of sp³-hybridized carbons (Fsp3) is 0.269. The number of nitrogens with zero attached hydrogens (tertiary/aromatic N) is 2. The van der Waals surface area contributed by atoms with Crippen LogP contribution in [0, 0.1) is 18.6 Å². The van der Waals surface area contributed by atoms with Gasteiger partial charge in [0.05, 0.1) is 0 Å². The van der Waals surface area contributed by atoms with Crippen molar-refractivity contribution in [3.63, 3.8) is 0 Å². The van der Waals surface area contributed by atoms with E-state index >= 15 is 0 Å². The fourth-order valence-corrected chi connectivity index (χ4v) is 4.11. The molecule has 1 amide bonds. The Labute approximate surface area is 181 Å². The van der Waals surface area contributed by atoms with Crippen LogP contribution in [0.25, 0.3) is 0 Å². The first-order valence-electron chi connectivity index (χ1n) is 10.6. The van der Waals surface area contributed by atoms with Gasteiger partial charge in [0.1, 0.15) is 11.6 Å². The molecule has 0 N–H and O–H groups in total. The molecule has 31 heavy (non-hydrogen) atoms. The first kappa shape index (κ1) is 21.2. The van der Waals surface area contributed by atoms with E-state index in [1.54, 1.807) is 17.0 Å². The van der Waals surface area contributed by atoms with E-state index in [4.69, 9.17) is 0 Å². The van der Waals surface area contributed by atoms with Crippen molar-refractivity contribution in [2.75, 3.05) is 18.0 Å². The quantitative estimate of drug-likeness (QED) is 0.538. The molecule has 3 nitrogen and oxygen atoms in total. The third-order valence-corrected chi connectivity index (χ3v) is 5.86. The van der Waals surface area contributed by atoms with Gasteiger partial charge in [0.25, 0.3) is 5.91 Å². The zero-order valence-electron chi connectivity index (χ0n) is 17.6. The van der Waals surface area contributed by atoms with Crippen molar-refractivity contribution in [1.29, 1.82) is 0 Å². The van der Waals surface area contributed by atoms with Crippen LogP contribution in [0.15, 0.2) is 72.8 Å². The standard InChI is InChI=1S/C26H26F2N2O/c1-19-2-4-20(5-3-19)18-29-16-14-25(15-17-29)30(24-12-10-23(28)11-13-24)26(31)21-6-8-22(27)9-7-21/h2-13,25H,14-18H2,1H3. The molecule has 0 spiro atoms. The van der Waals surface area contributed by atoms with Crippen molar-refractivity contribution in [1.82, 2.24) is 4.90 Å². The van der Waals surface area contributed by atoms with Crippen LogP contribution in [-0.2, 0) is 6.54 Å². The lowest BCUT2D eigenvalue weighted by Crippen LogP contribution is -2.47. The van der Waals surface area contributed by atoms with E-state index in [1.165, 1.54) is 47.5 Å². The smallest absolute Gasteiger partial charge is 0.258 e. The molecule has 0 aromatic heterocycles. The number of rotatable bonds is 5. The van der Waals surface area contributed by atoms with Gasteiger partial charge in [0, 0.05) is 36.9 Å². The molecule has 0 unspecified atom stereocenters. The third kappa shape index (κ3) is 5.17. The molecular weight excluding hydrogens is 394 g/mol. The minimum Gasteiger partial charge on any atom is -0.305 e. The van der Waals surface area contributed by atoms with E-state index in [2.05, 4.69) is 36.1 Å². The van der Waals surface area contributed by atoms with Gasteiger partial charge in [0.15, 0.2) is 0 Å². The number of hydrogen-bond acceptors (Lipinski definition) is 2. The minimum absolute atomic E-state index is 0.00252. The first-order chi connectivity index (χ1) is 15.0. The molecule has 0 bridgehead atoms. The number of anilines is 1. The van der Waals surface area contributed by atoms with Gasteiger partial charge in [-0.25, -0.2) is 8.78 Å². The molecule has 5 heteroatoms. The maximum atomic E-state index is 13.5. The van der Waals surface area contributed by atoms with Crippen molar-refractivity contribution in [2.24, 2.45) is 0 Å². The topological polar surface area (TPSA) is 23.6 Å². The second-order valence-electron chi connectivity index (χ2n) is 8.15. The average Bonchev–Trinajstić information content (AvgIpc) is 2.78. The number of hydrogen-bond donors (Lipinski definition) is 0. The Balaban J connectivity index is 1.50. The predicted octanol–water partition coefficient (Wildman–Crippen LogP) is 5.58. The molecule has 160 valence electrons. The number of piperidine rings is 1. The summed E-state index contributed by atoms with van der Waals surface area (Å²) >= 11 is 0. The van der Waals surface area contributed by atoms with Crippen LogP contribution in [0.2, 0.25) is 0 Å². The van der Waals surface area contributed by atoms with Crippen molar-refractivity contribution in [3.05, 3.63) is 101 Å². The van der Waals surface area contributed by atoms with Crippen LogP contribution in [0.3, 0.4) is 0 Å². The maximum absolute atomic E-state index is 13.5. The normalized spacial score (nSPS) is 15.1. The highest BCUT2D eigenvalue weighted by atomic mass is 19.1. The van der Waals surface area contributed by atoms with Crippen LogP contribution >= 0.6 is 0 Å². The lowest BCUT2D eigenvalue weighted by Gasteiger charge is -2.38. The van der Waals surface area contributed by atoms with Crippen LogP contribution in [0.4, 0.5) is 14.5 Å². The van der Waals surface area contributed by atoms with Crippen molar-refractivity contribution in [2.45, 2.75) is 32.4 Å². The first-order valence-corrected chi connectivity index (χ1v) is 10.6. The fourth-order valence-electron chi connectivity index (χ4n) is 4.11. The van der Waals surface area contributed by atoms with Gasteiger partial charge in [-0.2, -0.15) is 0 Å². The number of aryl methyl sites for hydroxylation is 1. The summed E-state index contributed by atoms with van der Waals surface area (Å²) in [5.41, 5.74) is 3.61. The second-order valence-corrected chi connectivity index (χ2v) is 8.15. The Kier molecular flexibility index (Phi) is 6.42. The largest absolute Gasteiger partial charge is 0.305 e. The molecule has 3 aromatic rings. The Morgan fingerprint density at radius 2 is 1.42 bits per heavy atom. The summed E-state index contributed by atoms with van der Waals surface area (Å²) in [6.07, 6.45) is 1.63. The van der Waals surface area contributed by atoms with Crippen LogP contribution in [0.1, 0.15) is 34.3 Å². The zero-order valence-corrected chi connectivity index (χ0v) is 17.6. The summed E-state index contributed by atoms with van der Waals surface area (Å²) in [5, 5.41) is 0. The van der Waals surface area contributed by atoms with E-state index < -0.39 is 0 Å². The molecular formula is C26H26F2N2O. The number of likely N-dealkylation sites (tertiary alicyclic amines) is 1. The molecule has 1 aliphatic heterocycles. The lowest BCUT2D eigenvalue weighted by molar-refractivity contribution is 0.0958. The van der Waals surface area contributed by atoms with Crippen LogP contribution in [0.5, 0.6) is 0 Å². The van der Waals surface area contributed by atoms with Gasteiger partial charge in [-0.3, -0.25) is 9.69 Å². The number of amides is 1. The Hall–Kier alpha value is -3.05. The zero-order chi connectivity index (χ0) is 21.8. The Bertz CT molecular complexity index is 1010. The van der Waals surface area contributed by atoms with Crippen molar-refractivity contribution >= 4 is 11.6 Å². The van der Waals surface area contributed by atoms with Gasteiger partial charge in [-0.05, 0) is 73.9 Å². The molecule has 1 fully saturated rings. The SMILES string of the molecule is Cc1ccc(CN2CCC(N(C(=O)c3ccc(F)cc3)c3ccc(F)cc3)CC2)cc1. The summed E-state index contributed by atoms with van der Waals surface area (Å²) in [5.74, 6) is -0.913. The molecule has 0 atom stereocenters. The van der Waals surface area contributed by atoms with E-state index in [9.17, 15) is 13.6 Å². The molecule has 4 rings (SSSR count). The molecule has 1 heterocycles. The molecule has 0 saturated carbocycles. The minimum atomic E-state index is -0.380. The average molecular weight is 421 g/mol. The Morgan fingerprint density at radius 1 is 0.871 bits per heavy atom. The van der Waals surface area contributed by atoms with Crippen LogP contribution in [-0.4, -0.2) is 29.9 Å². The van der Waals surface area contributed by atoms with Crippen LogP contribution < -0.4 is 4.90 Å². The number of carbonyl (C=O) groups is 1. The van der Waals surface area contributed by atoms with Gasteiger partial charge < -0.3 is 4.90 Å². The van der Waals surface area contributed by atoms with Crippen molar-refractivity contribution in [3.8, 4) is 0 Å². The molecule has 1 aliphatic rings. The predicted molar refractivity (Wildman–Crippen MR) is 119 cm³/mol. The summed E-state index contributed by atoms with van der Waals surface area (Å²) in [6, 6.07) is 20.2. The lowest BCUT2D eigenvalue weighted by atomic mass is 10.00. The number of carbonyl (C=O) groups excluding carboxylic acids is 1. The van der Waals surface area contributed by atoms with Gasteiger partial charge in [0.2, 0.25) is 0 Å². The van der Waals surface area contributed by atoms with E-state index in [-0.39, 0.29) is 23.6 Å². The molecule has 3 aromatic carbocycles. The summed E-state index contributed by atoms with van der Waals surface area (Å²) in [6.45, 7) is 4.70. The Morgan fingerprint density at radius 3 is 2.00 bits per heavy atom. The molecule has 1 saturated heterocycles. The van der Waals surface area contributed by atoms with E-state index in [1.807, 2.05) is 0 Å². The van der Waals surface area contributed by atoms with E-state index in [0.717, 1.165) is 32.5 Å². The third-order valence-electron chi connectivity index (χ3n) is 5.86. The monoisotopic (exact) mass is 420 g/mol. The van der Waals surface area contributed by atoms with Crippen molar-refractivity contribution < 1.29 is 13.6 Å². The second kappa shape index (κ2) is 9.40. The molecule has 0 radical (unpaired) electrons. The molecule has 0 aliphatic carbocycles. The van der Waals surface area contributed by atoms with Gasteiger partial charge in [-0.1, -0.05) is 29.8 Å². The summed E-state index contributed by atoms with van der Waals surface area (Å²) in [4.78, 5) is 17.5. The number of benzene rings is 3.